The topological polar surface area (TPSA) is 41.1 Å². The Bertz CT molecular complexity index is 691. The normalized spacial score (nSPS) is 12.0. The summed E-state index contributed by atoms with van der Waals surface area (Å²) in [6.07, 6.45) is 0. The van der Waals surface area contributed by atoms with E-state index in [9.17, 15) is 4.79 Å². The standard InChI is InChI=1S/C17H17Cl3N2O/c1-11(12-3-2-4-14(18)7-12)21-10-17(23)22-9-13-5-6-15(19)8-16(13)20/h2-8,11,21H,9-10H2,1H3,(H,22,23)/t11-/m0/s1. The molecule has 2 rings (SSSR count). The number of amides is 1. The molecule has 3 nitrogen and oxygen atoms in total. The lowest BCUT2D eigenvalue weighted by Crippen LogP contribution is -2.34. The molecule has 6 heteroatoms. The minimum absolute atomic E-state index is 0.0265. The molecule has 0 aromatic heterocycles. The molecule has 23 heavy (non-hydrogen) atoms. The molecule has 122 valence electrons. The van der Waals surface area contributed by atoms with Gasteiger partial charge in [-0.15, -0.1) is 0 Å². The van der Waals surface area contributed by atoms with Gasteiger partial charge in [-0.05, 0) is 42.3 Å². The Hall–Kier alpha value is -1.26. The minimum atomic E-state index is -0.107. The van der Waals surface area contributed by atoms with Crippen LogP contribution in [0.3, 0.4) is 0 Å². The van der Waals surface area contributed by atoms with Crippen LogP contribution in [0.25, 0.3) is 0 Å². The Morgan fingerprint density at radius 2 is 1.83 bits per heavy atom. The highest BCUT2D eigenvalue weighted by molar-refractivity contribution is 6.35. The summed E-state index contributed by atoms with van der Waals surface area (Å²) in [6.45, 7) is 2.55. The van der Waals surface area contributed by atoms with E-state index in [1.54, 1.807) is 18.2 Å². The average molecular weight is 372 g/mol. The number of carbonyl (C=O) groups excluding carboxylic acids is 1. The van der Waals surface area contributed by atoms with Crippen LogP contribution in [0.1, 0.15) is 24.1 Å². The lowest BCUT2D eigenvalue weighted by Gasteiger charge is -2.14. The van der Waals surface area contributed by atoms with Gasteiger partial charge in [0.1, 0.15) is 0 Å². The quantitative estimate of drug-likeness (QED) is 0.778. The van der Waals surface area contributed by atoms with Gasteiger partial charge in [0.15, 0.2) is 0 Å². The second kappa shape index (κ2) is 8.55. The summed E-state index contributed by atoms with van der Waals surface area (Å²) < 4.78 is 0. The van der Waals surface area contributed by atoms with Crippen molar-refractivity contribution in [1.82, 2.24) is 10.6 Å². The first-order chi connectivity index (χ1) is 11.0. The fraction of sp³-hybridized carbons (Fsp3) is 0.235. The molecule has 0 spiro atoms. The molecular weight excluding hydrogens is 355 g/mol. The van der Waals surface area contributed by atoms with Crippen LogP contribution in [0.15, 0.2) is 42.5 Å². The third-order valence-electron chi connectivity index (χ3n) is 3.41. The Labute approximate surface area is 150 Å². The predicted octanol–water partition coefficient (Wildman–Crippen LogP) is 4.61. The van der Waals surface area contributed by atoms with E-state index >= 15 is 0 Å². The van der Waals surface area contributed by atoms with E-state index < -0.39 is 0 Å². The van der Waals surface area contributed by atoms with E-state index in [2.05, 4.69) is 10.6 Å². The average Bonchev–Trinajstić information content (AvgIpc) is 2.51. The van der Waals surface area contributed by atoms with Crippen molar-refractivity contribution in [2.45, 2.75) is 19.5 Å². The third-order valence-corrected chi connectivity index (χ3v) is 4.23. The van der Waals surface area contributed by atoms with Crippen molar-refractivity contribution < 1.29 is 4.79 Å². The van der Waals surface area contributed by atoms with Crippen molar-refractivity contribution >= 4 is 40.7 Å². The van der Waals surface area contributed by atoms with Crippen LogP contribution in [0.5, 0.6) is 0 Å². The number of carbonyl (C=O) groups is 1. The van der Waals surface area contributed by atoms with Crippen molar-refractivity contribution in [3.05, 3.63) is 68.7 Å². The Balaban J connectivity index is 1.81. The van der Waals surface area contributed by atoms with E-state index in [0.717, 1.165) is 11.1 Å². The Morgan fingerprint density at radius 1 is 1.09 bits per heavy atom. The van der Waals surface area contributed by atoms with Crippen molar-refractivity contribution in [3.8, 4) is 0 Å². The van der Waals surface area contributed by atoms with Crippen LogP contribution in [-0.2, 0) is 11.3 Å². The van der Waals surface area contributed by atoms with Crippen LogP contribution in [-0.4, -0.2) is 12.5 Å². The molecule has 2 N–H and O–H groups in total. The number of hydrogen-bond acceptors (Lipinski definition) is 2. The van der Waals surface area contributed by atoms with Crippen molar-refractivity contribution in [2.75, 3.05) is 6.54 Å². The van der Waals surface area contributed by atoms with Gasteiger partial charge in [0.25, 0.3) is 0 Å². The monoisotopic (exact) mass is 370 g/mol. The maximum Gasteiger partial charge on any atom is 0.234 e. The van der Waals surface area contributed by atoms with Gasteiger partial charge in [0.05, 0.1) is 6.54 Å². The fourth-order valence-electron chi connectivity index (χ4n) is 2.06. The SMILES string of the molecule is C[C@H](NCC(=O)NCc1ccc(Cl)cc1Cl)c1cccc(Cl)c1. The predicted molar refractivity (Wildman–Crippen MR) is 96.2 cm³/mol. The second-order valence-corrected chi connectivity index (χ2v) is 6.45. The van der Waals surface area contributed by atoms with E-state index in [1.807, 2.05) is 31.2 Å². The zero-order chi connectivity index (χ0) is 16.8. The van der Waals surface area contributed by atoms with Crippen LogP contribution in [0, 0.1) is 0 Å². The molecule has 0 aliphatic rings. The summed E-state index contributed by atoms with van der Waals surface area (Å²) >= 11 is 17.9. The van der Waals surface area contributed by atoms with Gasteiger partial charge in [-0.3, -0.25) is 4.79 Å². The lowest BCUT2D eigenvalue weighted by atomic mass is 10.1. The molecule has 0 fully saturated rings. The number of benzene rings is 2. The molecule has 0 saturated carbocycles. The van der Waals surface area contributed by atoms with Crippen LogP contribution >= 0.6 is 34.8 Å². The van der Waals surface area contributed by atoms with Gasteiger partial charge in [-0.25, -0.2) is 0 Å². The molecule has 0 unspecified atom stereocenters. The second-order valence-electron chi connectivity index (χ2n) is 5.17. The zero-order valence-electron chi connectivity index (χ0n) is 12.6. The zero-order valence-corrected chi connectivity index (χ0v) is 14.8. The Morgan fingerprint density at radius 3 is 2.52 bits per heavy atom. The first-order valence-electron chi connectivity index (χ1n) is 7.15. The van der Waals surface area contributed by atoms with Crippen LogP contribution < -0.4 is 10.6 Å². The number of rotatable bonds is 6. The lowest BCUT2D eigenvalue weighted by molar-refractivity contribution is -0.120. The van der Waals surface area contributed by atoms with Crippen molar-refractivity contribution in [2.24, 2.45) is 0 Å². The molecule has 0 bridgehead atoms. The van der Waals surface area contributed by atoms with Crippen LogP contribution in [0.4, 0.5) is 0 Å². The van der Waals surface area contributed by atoms with Gasteiger partial charge >= 0.3 is 0 Å². The first kappa shape index (κ1) is 18.1. The van der Waals surface area contributed by atoms with E-state index in [1.165, 1.54) is 0 Å². The number of hydrogen-bond donors (Lipinski definition) is 2. The van der Waals surface area contributed by atoms with E-state index in [0.29, 0.717) is 21.6 Å². The molecule has 0 aliphatic heterocycles. The molecule has 0 saturated heterocycles. The highest BCUT2D eigenvalue weighted by Crippen LogP contribution is 2.20. The summed E-state index contributed by atoms with van der Waals surface area (Å²) in [5, 5.41) is 7.77. The van der Waals surface area contributed by atoms with Gasteiger partial charge < -0.3 is 10.6 Å². The number of nitrogens with one attached hydrogen (secondary N) is 2. The van der Waals surface area contributed by atoms with Crippen molar-refractivity contribution in [1.29, 1.82) is 0 Å². The van der Waals surface area contributed by atoms with Gasteiger partial charge in [-0.1, -0.05) is 53.0 Å². The van der Waals surface area contributed by atoms with Crippen molar-refractivity contribution in [3.63, 3.8) is 0 Å². The summed E-state index contributed by atoms with van der Waals surface area (Å²) in [7, 11) is 0. The summed E-state index contributed by atoms with van der Waals surface area (Å²) in [5.74, 6) is -0.107. The first-order valence-corrected chi connectivity index (χ1v) is 8.28. The van der Waals surface area contributed by atoms with Gasteiger partial charge in [0, 0.05) is 27.7 Å². The van der Waals surface area contributed by atoms with Crippen LogP contribution in [0.2, 0.25) is 15.1 Å². The molecule has 2 aromatic rings. The maximum atomic E-state index is 11.9. The molecule has 0 heterocycles. The largest absolute Gasteiger partial charge is 0.351 e. The van der Waals surface area contributed by atoms with E-state index in [-0.39, 0.29) is 18.5 Å². The smallest absolute Gasteiger partial charge is 0.234 e. The summed E-state index contributed by atoms with van der Waals surface area (Å²) in [6, 6.07) is 12.8. The fourth-order valence-corrected chi connectivity index (χ4v) is 2.73. The summed E-state index contributed by atoms with van der Waals surface area (Å²) in [5.41, 5.74) is 1.86. The third kappa shape index (κ3) is 5.70. The van der Waals surface area contributed by atoms with Gasteiger partial charge in [0.2, 0.25) is 5.91 Å². The molecule has 0 aliphatic carbocycles. The molecule has 2 aromatic carbocycles. The molecule has 1 atom stereocenters. The minimum Gasteiger partial charge on any atom is -0.351 e. The highest BCUT2D eigenvalue weighted by atomic mass is 35.5. The molecular formula is C17H17Cl3N2O. The number of halogens is 3. The summed E-state index contributed by atoms with van der Waals surface area (Å²) in [4.78, 5) is 11.9. The molecule has 0 radical (unpaired) electrons. The molecule has 1 amide bonds. The Kier molecular flexibility index (Phi) is 6.72. The van der Waals surface area contributed by atoms with E-state index in [4.69, 9.17) is 34.8 Å². The highest BCUT2D eigenvalue weighted by Gasteiger charge is 2.09. The maximum absolute atomic E-state index is 11.9. The van der Waals surface area contributed by atoms with Gasteiger partial charge in [-0.2, -0.15) is 0 Å².